The van der Waals surface area contributed by atoms with Crippen LogP contribution >= 0.6 is 11.6 Å². The molecular formula is C28H33ClN4O2. The second kappa shape index (κ2) is 10.8. The number of benzene rings is 2. The second-order valence-corrected chi connectivity index (χ2v) is 10.1. The number of aromatic nitrogens is 1. The summed E-state index contributed by atoms with van der Waals surface area (Å²) in [7, 11) is 1.62. The summed E-state index contributed by atoms with van der Waals surface area (Å²) >= 11 is 6.13. The van der Waals surface area contributed by atoms with Gasteiger partial charge in [0.15, 0.2) is 0 Å². The van der Waals surface area contributed by atoms with Crippen LogP contribution < -0.4 is 15.4 Å². The van der Waals surface area contributed by atoms with E-state index in [4.69, 9.17) is 16.3 Å². The van der Waals surface area contributed by atoms with Gasteiger partial charge >= 0.3 is 0 Å². The van der Waals surface area contributed by atoms with Crippen molar-refractivity contribution in [2.24, 2.45) is 0 Å². The van der Waals surface area contributed by atoms with Crippen LogP contribution in [0.5, 0.6) is 5.75 Å². The van der Waals surface area contributed by atoms with Crippen LogP contribution in [0.15, 0.2) is 54.7 Å². The van der Waals surface area contributed by atoms with Gasteiger partial charge in [0.2, 0.25) is 0 Å². The summed E-state index contributed by atoms with van der Waals surface area (Å²) < 4.78 is 5.42. The molecule has 1 aliphatic heterocycles. The number of carbonyl (C=O) groups is 1. The largest absolute Gasteiger partial charge is 0.496 e. The number of likely N-dealkylation sites (tertiary alicyclic amines) is 1. The number of pyridine rings is 1. The van der Waals surface area contributed by atoms with Gasteiger partial charge in [-0.1, -0.05) is 23.7 Å². The summed E-state index contributed by atoms with van der Waals surface area (Å²) in [4.78, 5) is 19.7. The molecule has 0 spiro atoms. The molecule has 0 unspecified atom stereocenters. The quantitative estimate of drug-likeness (QED) is 0.455. The lowest BCUT2D eigenvalue weighted by Gasteiger charge is -2.32. The van der Waals surface area contributed by atoms with Crippen molar-refractivity contribution in [2.75, 3.05) is 25.5 Å². The molecule has 184 valence electrons. The highest BCUT2D eigenvalue weighted by molar-refractivity contribution is 6.31. The minimum absolute atomic E-state index is 0.0746. The van der Waals surface area contributed by atoms with Crippen LogP contribution in [0, 0.1) is 0 Å². The molecule has 1 atom stereocenters. The molecule has 2 heterocycles. The average Bonchev–Trinajstić information content (AvgIpc) is 3.36. The average molecular weight is 493 g/mol. The van der Waals surface area contributed by atoms with Gasteiger partial charge in [0.25, 0.3) is 5.91 Å². The van der Waals surface area contributed by atoms with E-state index in [0.29, 0.717) is 28.4 Å². The monoisotopic (exact) mass is 492 g/mol. The number of halogens is 1. The lowest BCUT2D eigenvalue weighted by atomic mass is 9.90. The van der Waals surface area contributed by atoms with E-state index in [0.717, 1.165) is 68.2 Å². The highest BCUT2D eigenvalue weighted by Gasteiger charge is 2.31. The molecule has 1 amide bonds. The van der Waals surface area contributed by atoms with Gasteiger partial charge in [-0.2, -0.15) is 0 Å². The number of methoxy groups -OCH3 is 1. The first-order chi connectivity index (χ1) is 17.1. The van der Waals surface area contributed by atoms with Crippen molar-refractivity contribution in [3.63, 3.8) is 0 Å². The lowest BCUT2D eigenvalue weighted by molar-refractivity contribution is 0.0729. The molecule has 2 aliphatic rings. The van der Waals surface area contributed by atoms with Gasteiger partial charge in [-0.15, -0.1) is 0 Å². The maximum atomic E-state index is 13.2. The van der Waals surface area contributed by atoms with Crippen LogP contribution in [0.3, 0.4) is 0 Å². The third kappa shape index (κ3) is 5.39. The Balaban J connectivity index is 1.13. The third-order valence-electron chi connectivity index (χ3n) is 7.41. The number of carbonyl (C=O) groups excluding carboxylic acids is 1. The van der Waals surface area contributed by atoms with Crippen molar-refractivity contribution in [2.45, 2.75) is 56.7 Å². The van der Waals surface area contributed by atoms with Gasteiger partial charge in [0.1, 0.15) is 5.75 Å². The van der Waals surface area contributed by atoms with Crippen molar-refractivity contribution < 1.29 is 9.53 Å². The molecule has 35 heavy (non-hydrogen) atoms. The molecule has 6 nitrogen and oxygen atoms in total. The SMILES string of the molecule is COc1ccccc1C(=O)N1CCC[C@@H]1CN[C@H]1CC[C@@H](Nc2ccnc3cc(Cl)ccc23)CC1. The Bertz CT molecular complexity index is 1180. The molecule has 1 aliphatic carbocycles. The highest BCUT2D eigenvalue weighted by Crippen LogP contribution is 2.29. The van der Waals surface area contributed by atoms with Gasteiger partial charge in [-0.25, -0.2) is 0 Å². The number of rotatable bonds is 7. The Labute approximate surface area is 212 Å². The van der Waals surface area contributed by atoms with Gasteiger partial charge < -0.3 is 20.3 Å². The van der Waals surface area contributed by atoms with Gasteiger partial charge in [-0.3, -0.25) is 9.78 Å². The number of para-hydroxylation sites is 1. The Morgan fingerprint density at radius 2 is 1.89 bits per heavy atom. The number of nitrogens with one attached hydrogen (secondary N) is 2. The van der Waals surface area contributed by atoms with E-state index < -0.39 is 0 Å². The molecule has 0 radical (unpaired) electrons. The molecular weight excluding hydrogens is 460 g/mol. The van der Waals surface area contributed by atoms with Crippen LogP contribution in [-0.2, 0) is 0 Å². The summed E-state index contributed by atoms with van der Waals surface area (Å²) in [5.74, 6) is 0.720. The van der Waals surface area contributed by atoms with E-state index in [9.17, 15) is 4.79 Å². The van der Waals surface area contributed by atoms with E-state index in [1.54, 1.807) is 7.11 Å². The number of nitrogens with zero attached hydrogens (tertiary/aromatic N) is 2. The lowest BCUT2D eigenvalue weighted by Crippen LogP contribution is -2.46. The molecule has 2 aromatic carbocycles. The zero-order chi connectivity index (χ0) is 24.2. The fraction of sp³-hybridized carbons (Fsp3) is 0.429. The normalized spacial score (nSPS) is 22.3. The fourth-order valence-electron chi connectivity index (χ4n) is 5.50. The number of hydrogen-bond donors (Lipinski definition) is 2. The number of fused-ring (bicyclic) bond motifs is 1. The zero-order valence-corrected chi connectivity index (χ0v) is 20.9. The van der Waals surface area contributed by atoms with E-state index in [1.807, 2.05) is 59.6 Å². The predicted octanol–water partition coefficient (Wildman–Crippen LogP) is 5.51. The van der Waals surface area contributed by atoms with Crippen molar-refractivity contribution >= 4 is 34.1 Å². The van der Waals surface area contributed by atoms with Crippen LogP contribution in [0.1, 0.15) is 48.9 Å². The summed E-state index contributed by atoms with van der Waals surface area (Å²) in [6, 6.07) is 16.6. The van der Waals surface area contributed by atoms with Crippen LogP contribution in [0.2, 0.25) is 5.02 Å². The maximum absolute atomic E-state index is 13.2. The molecule has 3 aromatic rings. The van der Waals surface area contributed by atoms with Crippen molar-refractivity contribution in [3.05, 3.63) is 65.3 Å². The third-order valence-corrected chi connectivity index (χ3v) is 7.64. The maximum Gasteiger partial charge on any atom is 0.257 e. The predicted molar refractivity (Wildman–Crippen MR) is 141 cm³/mol. The smallest absolute Gasteiger partial charge is 0.257 e. The number of ether oxygens (including phenoxy) is 1. The van der Waals surface area contributed by atoms with E-state index in [2.05, 4.69) is 15.6 Å². The van der Waals surface area contributed by atoms with Crippen molar-refractivity contribution in [3.8, 4) is 5.75 Å². The number of amides is 1. The molecule has 2 N–H and O–H groups in total. The van der Waals surface area contributed by atoms with E-state index in [-0.39, 0.29) is 11.9 Å². The molecule has 7 heteroatoms. The first kappa shape index (κ1) is 23.9. The van der Waals surface area contributed by atoms with Crippen LogP contribution in [-0.4, -0.2) is 54.1 Å². The molecule has 5 rings (SSSR count). The molecule has 1 aromatic heterocycles. The van der Waals surface area contributed by atoms with Crippen molar-refractivity contribution in [1.29, 1.82) is 0 Å². The molecule has 1 saturated heterocycles. The molecule has 0 bridgehead atoms. The highest BCUT2D eigenvalue weighted by atomic mass is 35.5. The van der Waals surface area contributed by atoms with Crippen molar-refractivity contribution in [1.82, 2.24) is 15.2 Å². The van der Waals surface area contributed by atoms with Crippen LogP contribution in [0.4, 0.5) is 5.69 Å². The Morgan fingerprint density at radius 3 is 2.71 bits per heavy atom. The van der Waals surface area contributed by atoms with E-state index >= 15 is 0 Å². The standard InChI is InChI=1S/C28H33ClN4O2/c1-35-27-7-3-2-6-24(27)28(34)33-16-4-5-22(33)18-31-20-9-11-21(12-10-20)32-25-14-15-30-26-17-19(29)8-13-23(25)26/h2-3,6-8,13-15,17,20-22,31H,4-5,9-12,16,18H2,1H3,(H,30,32)/t20-,21+,22-/m1/s1. The fourth-order valence-corrected chi connectivity index (χ4v) is 5.67. The second-order valence-electron chi connectivity index (χ2n) is 9.62. The van der Waals surface area contributed by atoms with Gasteiger partial charge in [-0.05, 0) is 74.9 Å². The van der Waals surface area contributed by atoms with E-state index in [1.165, 1.54) is 0 Å². The summed E-state index contributed by atoms with van der Waals surface area (Å²) in [5.41, 5.74) is 2.69. The summed E-state index contributed by atoms with van der Waals surface area (Å²) in [6.45, 7) is 1.66. The molecule has 2 fully saturated rings. The first-order valence-electron chi connectivity index (χ1n) is 12.6. The summed E-state index contributed by atoms with van der Waals surface area (Å²) in [5, 5.41) is 9.32. The summed E-state index contributed by atoms with van der Waals surface area (Å²) in [6.07, 6.45) is 8.42. The Hall–Kier alpha value is -2.83. The number of hydrogen-bond acceptors (Lipinski definition) is 5. The topological polar surface area (TPSA) is 66.5 Å². The molecule has 1 saturated carbocycles. The van der Waals surface area contributed by atoms with Gasteiger partial charge in [0, 0.05) is 53.5 Å². The van der Waals surface area contributed by atoms with Crippen LogP contribution in [0.25, 0.3) is 10.9 Å². The minimum atomic E-state index is 0.0746. The minimum Gasteiger partial charge on any atom is -0.496 e. The zero-order valence-electron chi connectivity index (χ0n) is 20.2. The van der Waals surface area contributed by atoms with Gasteiger partial charge in [0.05, 0.1) is 18.2 Å². The first-order valence-corrected chi connectivity index (χ1v) is 13.0. The Kier molecular flexibility index (Phi) is 7.40. The number of anilines is 1. The Morgan fingerprint density at radius 1 is 1.09 bits per heavy atom.